The molecule has 2 heterocycles. The Bertz CT molecular complexity index is 521. The molecule has 0 bridgehead atoms. The van der Waals surface area contributed by atoms with Crippen LogP contribution in [0.15, 0.2) is 27.4 Å². The molecule has 0 radical (unpaired) electrons. The molecule has 2 aromatic heterocycles. The highest BCUT2D eigenvalue weighted by atomic mass is 35.5. The van der Waals surface area contributed by atoms with Crippen LogP contribution in [-0.2, 0) is 0 Å². The van der Waals surface area contributed by atoms with Gasteiger partial charge in [0.1, 0.15) is 10.2 Å². The third kappa shape index (κ3) is 1.53. The Labute approximate surface area is 82.9 Å². The molecule has 0 amide bonds. The zero-order valence-electron chi connectivity index (χ0n) is 6.25. The lowest BCUT2D eigenvalue weighted by Crippen LogP contribution is -1.98. The van der Waals surface area contributed by atoms with E-state index in [0.29, 0.717) is 5.39 Å². The summed E-state index contributed by atoms with van der Waals surface area (Å²) < 4.78 is 4.79. The van der Waals surface area contributed by atoms with Gasteiger partial charge in [0.15, 0.2) is 0 Å². The first kappa shape index (κ1) is 8.53. The fourth-order valence-electron chi connectivity index (χ4n) is 0.952. The molecule has 13 heavy (non-hydrogen) atoms. The Morgan fingerprint density at radius 3 is 2.85 bits per heavy atom. The van der Waals surface area contributed by atoms with Gasteiger partial charge in [-0.2, -0.15) is 0 Å². The predicted molar refractivity (Wildman–Crippen MR) is 50.3 cm³/mol. The Hall–Kier alpha value is -1.06. The minimum absolute atomic E-state index is 0.0385. The van der Waals surface area contributed by atoms with Crippen LogP contribution in [0.4, 0.5) is 0 Å². The molecule has 0 aliphatic heterocycles. The van der Waals surface area contributed by atoms with Crippen LogP contribution in [0.3, 0.4) is 0 Å². The first-order valence-corrected chi connectivity index (χ1v) is 4.18. The smallest absolute Gasteiger partial charge is 0.356 e. The second kappa shape index (κ2) is 3.01. The van der Waals surface area contributed by atoms with E-state index in [9.17, 15) is 4.79 Å². The summed E-state index contributed by atoms with van der Waals surface area (Å²) in [5.41, 5.74) is -0.411. The highest BCUT2D eigenvalue weighted by Gasteiger charge is 2.03. The maximum absolute atomic E-state index is 11.0. The molecule has 0 aromatic carbocycles. The lowest BCUT2D eigenvalue weighted by molar-refractivity contribution is 0.550. The molecule has 0 aliphatic rings. The number of nitrogens with zero attached hydrogens (tertiary/aromatic N) is 1. The summed E-state index contributed by atoms with van der Waals surface area (Å²) in [5.74, 6) is 0. The summed E-state index contributed by atoms with van der Waals surface area (Å²) in [6, 6.07) is 4.77. The quantitative estimate of drug-likeness (QED) is 0.635. The van der Waals surface area contributed by atoms with E-state index in [1.807, 2.05) is 0 Å². The van der Waals surface area contributed by atoms with E-state index in [1.54, 1.807) is 12.1 Å². The molecule has 0 atom stereocenters. The van der Waals surface area contributed by atoms with Gasteiger partial charge < -0.3 is 4.42 Å². The van der Waals surface area contributed by atoms with Crippen molar-refractivity contribution in [2.24, 2.45) is 0 Å². The third-order valence-electron chi connectivity index (χ3n) is 1.52. The van der Waals surface area contributed by atoms with E-state index >= 15 is 0 Å². The lowest BCUT2D eigenvalue weighted by Gasteiger charge is -1.95. The molecule has 0 aliphatic carbocycles. The number of hydrogen-bond donors (Lipinski definition) is 0. The maximum Gasteiger partial charge on any atom is 0.356 e. The maximum atomic E-state index is 11.0. The zero-order valence-corrected chi connectivity index (χ0v) is 7.76. The number of hydrogen-bond acceptors (Lipinski definition) is 3. The molecule has 0 unspecified atom stereocenters. The first-order chi connectivity index (χ1) is 6.16. The molecule has 5 heteroatoms. The summed E-state index contributed by atoms with van der Waals surface area (Å²) >= 11 is 11.2. The largest absolute Gasteiger partial charge is 0.402 e. The summed E-state index contributed by atoms with van der Waals surface area (Å²) in [4.78, 5) is 14.8. The molecule has 2 aromatic rings. The van der Waals surface area contributed by atoms with Gasteiger partial charge >= 0.3 is 5.63 Å². The van der Waals surface area contributed by atoms with Crippen molar-refractivity contribution >= 4 is 34.3 Å². The van der Waals surface area contributed by atoms with E-state index in [0.717, 1.165) is 0 Å². The van der Waals surface area contributed by atoms with E-state index in [4.69, 9.17) is 27.6 Å². The topological polar surface area (TPSA) is 43.1 Å². The Morgan fingerprint density at radius 1 is 1.31 bits per heavy atom. The van der Waals surface area contributed by atoms with Crippen LogP contribution in [-0.4, -0.2) is 4.98 Å². The van der Waals surface area contributed by atoms with Gasteiger partial charge in [-0.1, -0.05) is 23.2 Å². The fraction of sp³-hybridized carbons (Fsp3) is 0. The van der Waals surface area contributed by atoms with Crippen LogP contribution in [0.25, 0.3) is 11.1 Å². The van der Waals surface area contributed by atoms with Crippen molar-refractivity contribution in [3.05, 3.63) is 38.8 Å². The fourth-order valence-corrected chi connectivity index (χ4v) is 1.25. The molecule has 0 fully saturated rings. The minimum Gasteiger partial charge on any atom is -0.402 e. The van der Waals surface area contributed by atoms with E-state index < -0.39 is 5.63 Å². The second-order valence-electron chi connectivity index (χ2n) is 2.41. The van der Waals surface area contributed by atoms with Crippen molar-refractivity contribution in [1.29, 1.82) is 0 Å². The third-order valence-corrected chi connectivity index (χ3v) is 2.00. The van der Waals surface area contributed by atoms with Crippen molar-refractivity contribution in [1.82, 2.24) is 4.98 Å². The van der Waals surface area contributed by atoms with Crippen LogP contribution < -0.4 is 5.63 Å². The van der Waals surface area contributed by atoms with E-state index in [2.05, 4.69) is 4.98 Å². The van der Waals surface area contributed by atoms with E-state index in [1.165, 1.54) is 6.07 Å². The van der Waals surface area contributed by atoms with Gasteiger partial charge in [0.05, 0.1) is 0 Å². The van der Waals surface area contributed by atoms with Gasteiger partial charge in [0, 0.05) is 5.39 Å². The molecular weight excluding hydrogens is 213 g/mol. The average molecular weight is 216 g/mol. The Morgan fingerprint density at radius 2 is 2.08 bits per heavy atom. The molecule has 0 saturated carbocycles. The summed E-state index contributed by atoms with van der Waals surface area (Å²) in [6.45, 7) is 0. The molecule has 0 N–H and O–H groups in total. The van der Waals surface area contributed by atoms with Crippen LogP contribution >= 0.6 is 23.2 Å². The lowest BCUT2D eigenvalue weighted by atomic mass is 10.3. The van der Waals surface area contributed by atoms with Gasteiger partial charge in [0.25, 0.3) is 0 Å². The number of fused-ring (bicyclic) bond motifs is 1. The summed E-state index contributed by atoms with van der Waals surface area (Å²) in [5, 5.41) is 0.962. The average Bonchev–Trinajstić information content (AvgIpc) is 2.08. The van der Waals surface area contributed by atoms with Crippen LogP contribution in [0.2, 0.25) is 10.2 Å². The number of pyridine rings is 1. The highest BCUT2D eigenvalue weighted by molar-refractivity contribution is 6.31. The van der Waals surface area contributed by atoms with Gasteiger partial charge in [-0.3, -0.25) is 0 Å². The van der Waals surface area contributed by atoms with Gasteiger partial charge in [0.2, 0.25) is 5.71 Å². The monoisotopic (exact) mass is 215 g/mol. The van der Waals surface area contributed by atoms with Crippen molar-refractivity contribution in [3.8, 4) is 0 Å². The molecule has 2 rings (SSSR count). The van der Waals surface area contributed by atoms with Gasteiger partial charge in [-0.05, 0) is 18.2 Å². The highest BCUT2D eigenvalue weighted by Crippen LogP contribution is 2.16. The number of rotatable bonds is 0. The molecule has 3 nitrogen and oxygen atoms in total. The minimum atomic E-state index is -0.607. The Balaban J connectivity index is 2.89. The van der Waals surface area contributed by atoms with Crippen molar-refractivity contribution < 1.29 is 4.42 Å². The van der Waals surface area contributed by atoms with Crippen molar-refractivity contribution in [2.45, 2.75) is 0 Å². The number of aromatic nitrogens is 1. The van der Waals surface area contributed by atoms with Gasteiger partial charge in [-0.25, -0.2) is 9.78 Å². The first-order valence-electron chi connectivity index (χ1n) is 3.43. The molecular formula is C8H3Cl2NO2. The second-order valence-corrected chi connectivity index (χ2v) is 3.20. The number of halogens is 2. The predicted octanol–water partition coefficient (Wildman–Crippen LogP) is 2.49. The van der Waals surface area contributed by atoms with Crippen LogP contribution in [0.1, 0.15) is 0 Å². The molecule has 0 saturated heterocycles. The summed E-state index contributed by atoms with van der Waals surface area (Å²) in [6.07, 6.45) is 0. The molecule has 66 valence electrons. The standard InChI is InChI=1S/C8H3Cl2NO2/c9-5-3-4-1-2-6(10)11-7(4)13-8(5)12/h1-3H. The van der Waals surface area contributed by atoms with Crippen molar-refractivity contribution in [3.63, 3.8) is 0 Å². The van der Waals surface area contributed by atoms with Crippen LogP contribution in [0, 0.1) is 0 Å². The zero-order chi connectivity index (χ0) is 9.42. The van der Waals surface area contributed by atoms with Crippen molar-refractivity contribution in [2.75, 3.05) is 0 Å². The van der Waals surface area contributed by atoms with Crippen LogP contribution in [0.5, 0.6) is 0 Å². The Kier molecular flexibility index (Phi) is 1.98. The SMILES string of the molecule is O=c1oc2nc(Cl)ccc2cc1Cl. The van der Waals surface area contributed by atoms with E-state index in [-0.39, 0.29) is 15.9 Å². The normalized spacial score (nSPS) is 10.6. The molecule has 0 spiro atoms. The van der Waals surface area contributed by atoms with Gasteiger partial charge in [-0.15, -0.1) is 0 Å². The summed E-state index contributed by atoms with van der Waals surface area (Å²) in [7, 11) is 0.